The maximum Gasteiger partial charge on any atom is 0.338 e. The lowest BCUT2D eigenvalue weighted by atomic mass is 9.95. The molecule has 2 aromatic rings. The van der Waals surface area contributed by atoms with Gasteiger partial charge in [-0.1, -0.05) is 45.2 Å². The largest absolute Gasteiger partial charge is 0.459 e. The van der Waals surface area contributed by atoms with Crippen molar-refractivity contribution >= 4 is 5.97 Å². The summed E-state index contributed by atoms with van der Waals surface area (Å²) in [6, 6.07) is 7.38. The Kier molecular flexibility index (Phi) is 9.47. The number of nitrogens with zero attached hydrogens (tertiary/aromatic N) is 2. The minimum absolute atomic E-state index is 0.0122. The van der Waals surface area contributed by atoms with E-state index < -0.39 is 0 Å². The third-order valence-electron chi connectivity index (χ3n) is 5.90. The topological polar surface area (TPSA) is 61.3 Å². The summed E-state index contributed by atoms with van der Waals surface area (Å²) < 4.78 is 11.6. The lowest BCUT2D eigenvalue weighted by Gasteiger charge is -2.28. The first-order chi connectivity index (χ1) is 15.2. The first kappa shape index (κ1) is 23.4. The zero-order valence-electron chi connectivity index (χ0n) is 19.0. The van der Waals surface area contributed by atoms with Crippen LogP contribution in [0.5, 0.6) is 0 Å². The number of benzene rings is 1. The molecule has 1 aromatic carbocycles. The molecule has 1 aliphatic carbocycles. The lowest BCUT2D eigenvalue weighted by molar-refractivity contribution is -0.0201. The molecule has 0 aliphatic heterocycles. The second-order valence-corrected chi connectivity index (χ2v) is 8.48. The summed E-state index contributed by atoms with van der Waals surface area (Å²) in [4.78, 5) is 21.5. The van der Waals surface area contributed by atoms with E-state index in [0.717, 1.165) is 57.1 Å². The van der Waals surface area contributed by atoms with Gasteiger partial charge in [0.05, 0.1) is 11.7 Å². The van der Waals surface area contributed by atoms with Crippen LogP contribution in [0.4, 0.5) is 0 Å². The van der Waals surface area contributed by atoms with Crippen molar-refractivity contribution in [3.05, 3.63) is 47.8 Å². The van der Waals surface area contributed by atoms with Crippen LogP contribution in [0.3, 0.4) is 0 Å². The number of rotatable bonds is 11. The van der Waals surface area contributed by atoms with Crippen LogP contribution < -0.4 is 0 Å². The zero-order valence-corrected chi connectivity index (χ0v) is 19.0. The molecule has 168 valence electrons. The molecule has 5 heteroatoms. The molecule has 0 spiro atoms. The van der Waals surface area contributed by atoms with E-state index >= 15 is 0 Å². The predicted octanol–water partition coefficient (Wildman–Crippen LogP) is 6.16. The third kappa shape index (κ3) is 7.42. The van der Waals surface area contributed by atoms with E-state index in [1.165, 1.54) is 24.8 Å². The Bertz CT molecular complexity index is 781. The average molecular weight is 425 g/mol. The Morgan fingerprint density at radius 1 is 0.903 bits per heavy atom. The molecule has 1 aromatic heterocycles. The number of unbranched alkanes of at least 4 members (excludes halogenated alkanes) is 3. The maximum atomic E-state index is 12.5. The molecule has 5 nitrogen and oxygen atoms in total. The van der Waals surface area contributed by atoms with Crippen LogP contribution in [0.25, 0.3) is 11.4 Å². The van der Waals surface area contributed by atoms with E-state index in [9.17, 15) is 4.79 Å². The van der Waals surface area contributed by atoms with Crippen molar-refractivity contribution in [3.63, 3.8) is 0 Å². The van der Waals surface area contributed by atoms with Crippen LogP contribution in [0.15, 0.2) is 36.7 Å². The molecule has 0 saturated heterocycles. The molecule has 1 heterocycles. The van der Waals surface area contributed by atoms with E-state index in [4.69, 9.17) is 9.47 Å². The average Bonchev–Trinajstić information content (AvgIpc) is 2.81. The molecule has 1 saturated carbocycles. The fraction of sp³-hybridized carbons (Fsp3) is 0.577. The van der Waals surface area contributed by atoms with Crippen molar-refractivity contribution in [1.29, 1.82) is 0 Å². The van der Waals surface area contributed by atoms with Gasteiger partial charge >= 0.3 is 5.97 Å². The molecule has 0 unspecified atom stereocenters. The summed E-state index contributed by atoms with van der Waals surface area (Å²) in [7, 11) is 0. The molecule has 0 bridgehead atoms. The maximum absolute atomic E-state index is 12.5. The molecule has 3 rings (SSSR count). The zero-order chi connectivity index (χ0) is 21.9. The van der Waals surface area contributed by atoms with Crippen molar-refractivity contribution < 1.29 is 14.3 Å². The number of aromatic nitrogens is 2. The quantitative estimate of drug-likeness (QED) is 0.319. The predicted molar refractivity (Wildman–Crippen MR) is 123 cm³/mol. The van der Waals surface area contributed by atoms with Gasteiger partial charge in [-0.2, -0.15) is 0 Å². The van der Waals surface area contributed by atoms with Crippen LogP contribution in [0.1, 0.15) is 87.6 Å². The van der Waals surface area contributed by atoms with E-state index in [-0.39, 0.29) is 12.1 Å². The number of esters is 1. The van der Waals surface area contributed by atoms with Gasteiger partial charge in [-0.3, -0.25) is 0 Å². The highest BCUT2D eigenvalue weighted by Gasteiger charge is 2.24. The Morgan fingerprint density at radius 2 is 1.55 bits per heavy atom. The minimum atomic E-state index is -0.255. The highest BCUT2D eigenvalue weighted by molar-refractivity contribution is 5.90. The van der Waals surface area contributed by atoms with Gasteiger partial charge in [-0.05, 0) is 62.6 Å². The summed E-state index contributed by atoms with van der Waals surface area (Å²) in [5.74, 6) is 0.426. The summed E-state index contributed by atoms with van der Waals surface area (Å²) in [6.45, 7) is 5.21. The standard InChI is InChI=1S/C26H36N2O3/c1-3-5-7-8-20-18-27-25(28-19-20)21-9-11-22(12-10-21)26(29)31-24-15-13-23(14-16-24)30-17-6-4-2/h9-12,18-19,23-24H,3-8,13-17H2,1-2H3/t23-,24-. The van der Waals surface area contributed by atoms with E-state index in [0.29, 0.717) is 17.5 Å². The van der Waals surface area contributed by atoms with Crippen LogP contribution >= 0.6 is 0 Å². The number of aryl methyl sites for hydroxylation is 1. The molecular weight excluding hydrogens is 388 g/mol. The first-order valence-electron chi connectivity index (χ1n) is 11.9. The third-order valence-corrected chi connectivity index (χ3v) is 5.90. The van der Waals surface area contributed by atoms with Crippen molar-refractivity contribution in [3.8, 4) is 11.4 Å². The Balaban J connectivity index is 1.47. The normalized spacial score (nSPS) is 18.6. The fourth-order valence-electron chi connectivity index (χ4n) is 3.90. The van der Waals surface area contributed by atoms with E-state index in [1.54, 1.807) is 12.1 Å². The van der Waals surface area contributed by atoms with Gasteiger partial charge in [0, 0.05) is 24.6 Å². The number of carbonyl (C=O) groups is 1. The van der Waals surface area contributed by atoms with Crippen LogP contribution in [-0.4, -0.2) is 34.8 Å². The molecular formula is C26H36N2O3. The van der Waals surface area contributed by atoms with Crippen molar-refractivity contribution in [2.24, 2.45) is 0 Å². The second kappa shape index (κ2) is 12.6. The van der Waals surface area contributed by atoms with E-state index in [2.05, 4.69) is 23.8 Å². The van der Waals surface area contributed by atoms with Gasteiger partial charge in [0.15, 0.2) is 5.82 Å². The van der Waals surface area contributed by atoms with Crippen molar-refractivity contribution in [1.82, 2.24) is 9.97 Å². The smallest absolute Gasteiger partial charge is 0.338 e. The highest BCUT2D eigenvalue weighted by Crippen LogP contribution is 2.25. The Labute approximate surface area is 186 Å². The monoisotopic (exact) mass is 424 g/mol. The molecule has 1 fully saturated rings. The SMILES string of the molecule is CCCCCc1cnc(-c2ccc(C(=O)O[C@H]3CC[C@H](OCCCC)CC3)cc2)nc1. The Hall–Kier alpha value is -2.27. The number of carbonyl (C=O) groups excluding carboxylic acids is 1. The van der Waals surface area contributed by atoms with Gasteiger partial charge in [-0.25, -0.2) is 14.8 Å². The van der Waals surface area contributed by atoms with Gasteiger partial charge in [0.1, 0.15) is 6.10 Å². The van der Waals surface area contributed by atoms with Crippen LogP contribution in [0.2, 0.25) is 0 Å². The summed E-state index contributed by atoms with van der Waals surface area (Å²) in [5, 5.41) is 0. The second-order valence-electron chi connectivity index (χ2n) is 8.48. The number of hydrogen-bond donors (Lipinski definition) is 0. The van der Waals surface area contributed by atoms with Gasteiger partial charge in [0.2, 0.25) is 0 Å². The summed E-state index contributed by atoms with van der Waals surface area (Å²) in [5.41, 5.74) is 2.64. The van der Waals surface area contributed by atoms with Gasteiger partial charge < -0.3 is 9.47 Å². The minimum Gasteiger partial charge on any atom is -0.459 e. The van der Waals surface area contributed by atoms with Crippen LogP contribution in [0, 0.1) is 0 Å². The van der Waals surface area contributed by atoms with Crippen molar-refractivity contribution in [2.75, 3.05) is 6.61 Å². The van der Waals surface area contributed by atoms with Gasteiger partial charge in [-0.15, -0.1) is 0 Å². The summed E-state index contributed by atoms with van der Waals surface area (Å²) in [6.07, 6.45) is 14.7. The van der Waals surface area contributed by atoms with Gasteiger partial charge in [0.25, 0.3) is 0 Å². The molecule has 0 N–H and O–H groups in total. The fourth-order valence-corrected chi connectivity index (χ4v) is 3.90. The van der Waals surface area contributed by atoms with Crippen molar-refractivity contribution in [2.45, 2.75) is 90.3 Å². The lowest BCUT2D eigenvalue weighted by Crippen LogP contribution is -2.28. The molecule has 0 atom stereocenters. The van der Waals surface area contributed by atoms with Crippen LogP contribution in [-0.2, 0) is 15.9 Å². The molecule has 31 heavy (non-hydrogen) atoms. The molecule has 1 aliphatic rings. The first-order valence-corrected chi connectivity index (χ1v) is 11.9. The summed E-state index contributed by atoms with van der Waals surface area (Å²) >= 11 is 0. The van der Waals surface area contributed by atoms with E-state index in [1.807, 2.05) is 24.5 Å². The molecule has 0 radical (unpaired) electrons. The highest BCUT2D eigenvalue weighted by atomic mass is 16.5. The Morgan fingerprint density at radius 3 is 2.19 bits per heavy atom. The molecule has 0 amide bonds. The number of ether oxygens (including phenoxy) is 2. The number of hydrogen-bond acceptors (Lipinski definition) is 5.